The maximum Gasteiger partial charge on any atom is 0.247 e. The summed E-state index contributed by atoms with van der Waals surface area (Å²) < 4.78 is 26.8. The molecule has 1 aromatic carbocycles. The van der Waals surface area contributed by atoms with Gasteiger partial charge in [0.05, 0.1) is 12.3 Å². The van der Waals surface area contributed by atoms with Crippen molar-refractivity contribution in [1.29, 1.82) is 0 Å². The topological polar surface area (TPSA) is 86.8 Å². The van der Waals surface area contributed by atoms with Crippen LogP contribution in [0.1, 0.15) is 57.9 Å². The van der Waals surface area contributed by atoms with Crippen molar-refractivity contribution >= 4 is 39.1 Å². The average molecular weight is 470 g/mol. The van der Waals surface area contributed by atoms with Crippen LogP contribution in [0.15, 0.2) is 18.2 Å². The fraction of sp³-hybridized carbons (Fsp3) is 0.636. The van der Waals surface area contributed by atoms with E-state index in [1.807, 2.05) is 0 Å². The molecule has 1 aliphatic heterocycles. The van der Waals surface area contributed by atoms with Gasteiger partial charge < -0.3 is 5.32 Å². The molecule has 0 spiro atoms. The first kappa shape index (κ1) is 24.0. The van der Waals surface area contributed by atoms with E-state index in [1.54, 1.807) is 39.0 Å². The van der Waals surface area contributed by atoms with Crippen molar-refractivity contribution in [1.82, 2.24) is 9.62 Å². The Bertz CT molecular complexity index is 946. The van der Waals surface area contributed by atoms with Crippen LogP contribution in [0.25, 0.3) is 0 Å². The Balaban J connectivity index is 2.02. The highest BCUT2D eigenvalue weighted by atomic mass is 35.5. The summed E-state index contributed by atoms with van der Waals surface area (Å²) in [5.74, 6) is -0.822. The van der Waals surface area contributed by atoms with Gasteiger partial charge in [0.2, 0.25) is 21.8 Å². The number of nitrogens with one attached hydrogen (secondary N) is 1. The van der Waals surface area contributed by atoms with Gasteiger partial charge in [-0.25, -0.2) is 8.42 Å². The van der Waals surface area contributed by atoms with E-state index in [0.29, 0.717) is 22.7 Å². The van der Waals surface area contributed by atoms with Gasteiger partial charge in [-0.1, -0.05) is 43.9 Å². The number of halogens is 1. The maximum atomic E-state index is 13.6. The minimum Gasteiger partial charge on any atom is -0.351 e. The van der Waals surface area contributed by atoms with Crippen molar-refractivity contribution in [3.05, 3.63) is 28.8 Å². The van der Waals surface area contributed by atoms with Crippen LogP contribution in [0.5, 0.6) is 0 Å². The van der Waals surface area contributed by atoms with E-state index in [-0.39, 0.29) is 30.8 Å². The second kappa shape index (κ2) is 9.46. The van der Waals surface area contributed by atoms with Gasteiger partial charge in [-0.15, -0.1) is 0 Å². The van der Waals surface area contributed by atoms with E-state index < -0.39 is 21.5 Å². The molecule has 0 radical (unpaired) electrons. The zero-order valence-corrected chi connectivity index (χ0v) is 20.1. The van der Waals surface area contributed by atoms with Crippen molar-refractivity contribution in [3.8, 4) is 0 Å². The minimum atomic E-state index is -3.65. The lowest BCUT2D eigenvalue weighted by Crippen LogP contribution is -2.71. The Hall–Kier alpha value is -1.64. The maximum absolute atomic E-state index is 13.6. The van der Waals surface area contributed by atoms with Crippen molar-refractivity contribution in [3.63, 3.8) is 0 Å². The lowest BCUT2D eigenvalue weighted by atomic mass is 9.91. The normalized spacial score (nSPS) is 23.7. The number of hydrogen-bond acceptors (Lipinski definition) is 4. The van der Waals surface area contributed by atoms with Crippen molar-refractivity contribution in [2.45, 2.75) is 70.9 Å². The molecule has 172 valence electrons. The van der Waals surface area contributed by atoms with Gasteiger partial charge in [0, 0.05) is 23.3 Å². The SMILES string of the molecule is CCCS(=O)(=O)N1CC(=O)N(c2cccc(Cl)c2C)[C@](C)(C(=O)NC2CCCCC2)C1. The van der Waals surface area contributed by atoms with Crippen LogP contribution in [-0.4, -0.2) is 55.0 Å². The number of hydrogen-bond donors (Lipinski definition) is 1. The second-order valence-electron chi connectivity index (χ2n) is 8.78. The molecule has 31 heavy (non-hydrogen) atoms. The van der Waals surface area contributed by atoms with E-state index in [0.717, 1.165) is 36.4 Å². The molecule has 0 aromatic heterocycles. The molecule has 0 unspecified atom stereocenters. The van der Waals surface area contributed by atoms with Gasteiger partial charge in [-0.05, 0) is 50.8 Å². The number of carbonyl (C=O) groups is 2. The number of piperazine rings is 1. The smallest absolute Gasteiger partial charge is 0.247 e. The van der Waals surface area contributed by atoms with Crippen LogP contribution < -0.4 is 10.2 Å². The van der Waals surface area contributed by atoms with Crippen molar-refractivity contribution in [2.24, 2.45) is 0 Å². The average Bonchev–Trinajstić information content (AvgIpc) is 2.71. The highest BCUT2D eigenvalue weighted by Gasteiger charge is 2.51. The Morgan fingerprint density at radius 2 is 1.94 bits per heavy atom. The number of carbonyl (C=O) groups excluding carboxylic acids is 2. The highest BCUT2D eigenvalue weighted by Crippen LogP contribution is 2.35. The monoisotopic (exact) mass is 469 g/mol. The van der Waals surface area contributed by atoms with E-state index in [2.05, 4.69) is 5.32 Å². The third-order valence-electron chi connectivity index (χ3n) is 6.30. The van der Waals surface area contributed by atoms with Crippen molar-refractivity contribution < 1.29 is 18.0 Å². The van der Waals surface area contributed by atoms with Gasteiger partial charge in [0.1, 0.15) is 5.54 Å². The third-order valence-corrected chi connectivity index (χ3v) is 8.68. The molecule has 7 nitrogen and oxygen atoms in total. The third kappa shape index (κ3) is 4.91. The molecule has 1 aliphatic carbocycles. The van der Waals surface area contributed by atoms with Crippen molar-refractivity contribution in [2.75, 3.05) is 23.7 Å². The summed E-state index contributed by atoms with van der Waals surface area (Å²) in [4.78, 5) is 28.4. The first-order chi connectivity index (χ1) is 14.6. The molecule has 1 atom stereocenters. The Kier molecular flexibility index (Phi) is 7.33. The lowest BCUT2D eigenvalue weighted by molar-refractivity contribution is -0.133. The van der Waals surface area contributed by atoms with Crippen LogP contribution in [0, 0.1) is 6.92 Å². The van der Waals surface area contributed by atoms with Gasteiger partial charge in [-0.2, -0.15) is 4.31 Å². The molecule has 1 N–H and O–H groups in total. The molecular formula is C22H32ClN3O4S. The van der Waals surface area contributed by atoms with Gasteiger partial charge >= 0.3 is 0 Å². The Morgan fingerprint density at radius 1 is 1.26 bits per heavy atom. The predicted molar refractivity (Wildman–Crippen MR) is 123 cm³/mol. The summed E-state index contributed by atoms with van der Waals surface area (Å²) >= 11 is 6.31. The number of rotatable bonds is 6. The Morgan fingerprint density at radius 3 is 2.58 bits per heavy atom. The van der Waals surface area contributed by atoms with Gasteiger partial charge in [0.15, 0.2) is 0 Å². The summed E-state index contributed by atoms with van der Waals surface area (Å²) in [6.07, 6.45) is 5.48. The quantitative estimate of drug-likeness (QED) is 0.692. The van der Waals surface area contributed by atoms with E-state index in [9.17, 15) is 18.0 Å². The molecule has 1 aromatic rings. The lowest BCUT2D eigenvalue weighted by Gasteiger charge is -2.47. The zero-order valence-electron chi connectivity index (χ0n) is 18.5. The first-order valence-corrected chi connectivity index (χ1v) is 13.0. The molecular weight excluding hydrogens is 438 g/mol. The molecule has 1 saturated heterocycles. The van der Waals surface area contributed by atoms with Crippen LogP contribution in [0.2, 0.25) is 5.02 Å². The Labute approximate surface area is 190 Å². The van der Waals surface area contributed by atoms with E-state index >= 15 is 0 Å². The fourth-order valence-corrected chi connectivity index (χ4v) is 6.25. The summed E-state index contributed by atoms with van der Waals surface area (Å²) in [5, 5.41) is 3.59. The summed E-state index contributed by atoms with van der Waals surface area (Å²) in [6, 6.07) is 5.25. The second-order valence-corrected chi connectivity index (χ2v) is 11.3. The molecule has 2 fully saturated rings. The predicted octanol–water partition coefficient (Wildman–Crippen LogP) is 3.24. The minimum absolute atomic E-state index is 0.0399. The van der Waals surface area contributed by atoms with E-state index in [1.165, 1.54) is 4.90 Å². The number of benzene rings is 1. The van der Waals surface area contributed by atoms with Crippen LogP contribution in [-0.2, 0) is 19.6 Å². The summed E-state index contributed by atoms with van der Waals surface area (Å²) in [7, 11) is -3.65. The number of amides is 2. The largest absolute Gasteiger partial charge is 0.351 e. The zero-order chi connectivity index (χ0) is 22.8. The summed E-state index contributed by atoms with van der Waals surface area (Å²) in [6.45, 7) is 4.84. The van der Waals surface area contributed by atoms with Crippen LogP contribution in [0.3, 0.4) is 0 Å². The van der Waals surface area contributed by atoms with Gasteiger partial charge in [-0.3, -0.25) is 14.5 Å². The number of nitrogens with zero attached hydrogens (tertiary/aromatic N) is 2. The summed E-state index contributed by atoms with van der Waals surface area (Å²) in [5.41, 5.74) is -0.173. The molecule has 1 heterocycles. The molecule has 2 amide bonds. The highest BCUT2D eigenvalue weighted by molar-refractivity contribution is 7.89. The fourth-order valence-electron chi connectivity index (χ4n) is 4.55. The van der Waals surface area contributed by atoms with Crippen LogP contribution in [0.4, 0.5) is 5.69 Å². The number of sulfonamides is 1. The molecule has 2 aliphatic rings. The molecule has 3 rings (SSSR count). The molecule has 0 bridgehead atoms. The van der Waals surface area contributed by atoms with Gasteiger partial charge in [0.25, 0.3) is 0 Å². The molecule has 9 heteroatoms. The van der Waals surface area contributed by atoms with Crippen LogP contribution >= 0.6 is 11.6 Å². The standard InChI is InChI=1S/C22H32ClN3O4S/c1-4-13-31(29,30)25-14-20(27)26(19-12-8-11-18(23)16(19)2)22(3,15-25)21(28)24-17-9-6-5-7-10-17/h8,11-12,17H,4-7,9-10,13-15H2,1-3H3,(H,24,28)/t22-/m0/s1. The first-order valence-electron chi connectivity index (χ1n) is 11.0. The van der Waals surface area contributed by atoms with E-state index in [4.69, 9.17) is 11.6 Å². The molecule has 1 saturated carbocycles. The number of anilines is 1.